The van der Waals surface area contributed by atoms with Crippen LogP contribution in [0, 0.1) is 12.8 Å². The number of carbonyl (C=O) groups is 1. The Labute approximate surface area is 135 Å². The van der Waals surface area contributed by atoms with E-state index in [1.807, 2.05) is 11.9 Å². The zero-order valence-electron chi connectivity index (χ0n) is 14.3. The molecule has 1 aliphatic heterocycles. The lowest BCUT2D eigenvalue weighted by Gasteiger charge is -2.28. The fourth-order valence-corrected chi connectivity index (χ4v) is 3.22. The number of nitrogens with one attached hydrogen (secondary N) is 1. The SMILES string of the molecule is CCC(Cc1ccc(C)cc1)N(C)C(=O)CCC1CCNC1. The molecule has 0 spiro atoms. The van der Waals surface area contributed by atoms with Crippen molar-refractivity contribution in [3.8, 4) is 0 Å². The Bertz CT molecular complexity index is 463. The Morgan fingerprint density at radius 2 is 2.09 bits per heavy atom. The third kappa shape index (κ3) is 4.84. The summed E-state index contributed by atoms with van der Waals surface area (Å²) >= 11 is 0. The van der Waals surface area contributed by atoms with Gasteiger partial charge >= 0.3 is 0 Å². The smallest absolute Gasteiger partial charge is 0.222 e. The lowest BCUT2D eigenvalue weighted by Crippen LogP contribution is -2.38. The van der Waals surface area contributed by atoms with Crippen LogP contribution in [-0.2, 0) is 11.2 Å². The van der Waals surface area contributed by atoms with Crippen molar-refractivity contribution in [2.24, 2.45) is 5.92 Å². The molecule has 0 radical (unpaired) electrons. The summed E-state index contributed by atoms with van der Waals surface area (Å²) in [6, 6.07) is 8.96. The van der Waals surface area contributed by atoms with Gasteiger partial charge in [-0.2, -0.15) is 0 Å². The number of benzene rings is 1. The predicted octanol–water partition coefficient (Wildman–Crippen LogP) is 3.16. The molecule has 1 heterocycles. The zero-order valence-corrected chi connectivity index (χ0v) is 14.3. The maximum Gasteiger partial charge on any atom is 0.222 e. The van der Waals surface area contributed by atoms with E-state index in [1.165, 1.54) is 17.5 Å². The van der Waals surface area contributed by atoms with Gasteiger partial charge in [0.25, 0.3) is 0 Å². The summed E-state index contributed by atoms with van der Waals surface area (Å²) in [7, 11) is 1.97. The van der Waals surface area contributed by atoms with Crippen LogP contribution in [0.15, 0.2) is 24.3 Å². The molecule has 2 unspecified atom stereocenters. The van der Waals surface area contributed by atoms with Crippen LogP contribution in [0.4, 0.5) is 0 Å². The summed E-state index contributed by atoms with van der Waals surface area (Å²) < 4.78 is 0. The van der Waals surface area contributed by atoms with Crippen molar-refractivity contribution in [3.05, 3.63) is 35.4 Å². The van der Waals surface area contributed by atoms with Gasteiger partial charge in [-0.1, -0.05) is 36.8 Å². The van der Waals surface area contributed by atoms with Crippen molar-refractivity contribution in [1.82, 2.24) is 10.2 Å². The number of carbonyl (C=O) groups excluding carboxylic acids is 1. The molecule has 1 aliphatic rings. The molecule has 1 fully saturated rings. The first-order chi connectivity index (χ1) is 10.6. The number of aryl methyl sites for hydroxylation is 1. The predicted molar refractivity (Wildman–Crippen MR) is 91.9 cm³/mol. The second-order valence-corrected chi connectivity index (χ2v) is 6.65. The molecule has 1 amide bonds. The van der Waals surface area contributed by atoms with E-state index in [4.69, 9.17) is 0 Å². The van der Waals surface area contributed by atoms with Crippen molar-refractivity contribution >= 4 is 5.91 Å². The minimum Gasteiger partial charge on any atom is -0.342 e. The van der Waals surface area contributed by atoms with Gasteiger partial charge in [0, 0.05) is 19.5 Å². The number of hydrogen-bond donors (Lipinski definition) is 1. The maximum atomic E-state index is 12.4. The maximum absolute atomic E-state index is 12.4. The van der Waals surface area contributed by atoms with Crippen molar-refractivity contribution in [2.45, 2.75) is 52.0 Å². The topological polar surface area (TPSA) is 32.3 Å². The van der Waals surface area contributed by atoms with Crippen molar-refractivity contribution < 1.29 is 4.79 Å². The van der Waals surface area contributed by atoms with E-state index in [0.717, 1.165) is 32.4 Å². The summed E-state index contributed by atoms with van der Waals surface area (Å²) in [6.07, 6.45) is 4.88. The molecule has 1 saturated heterocycles. The van der Waals surface area contributed by atoms with Gasteiger partial charge < -0.3 is 10.2 Å². The number of rotatable bonds is 7. The lowest BCUT2D eigenvalue weighted by molar-refractivity contribution is -0.132. The number of likely N-dealkylation sites (N-methyl/N-ethyl adjacent to an activating group) is 1. The van der Waals surface area contributed by atoms with Crippen LogP contribution in [0.1, 0.15) is 43.7 Å². The Balaban J connectivity index is 1.85. The standard InChI is InChI=1S/C19H30N2O/c1-4-18(13-16-7-5-15(2)6-8-16)21(3)19(22)10-9-17-11-12-20-14-17/h5-8,17-18,20H,4,9-14H2,1-3H3. The lowest BCUT2D eigenvalue weighted by atomic mass is 9.99. The van der Waals surface area contributed by atoms with Gasteiger partial charge in [-0.3, -0.25) is 4.79 Å². The molecule has 122 valence electrons. The molecule has 3 heteroatoms. The van der Waals surface area contributed by atoms with E-state index in [-0.39, 0.29) is 0 Å². The molecule has 0 saturated carbocycles. The quantitative estimate of drug-likeness (QED) is 0.839. The van der Waals surface area contributed by atoms with Gasteiger partial charge in [-0.15, -0.1) is 0 Å². The highest BCUT2D eigenvalue weighted by atomic mass is 16.2. The molecule has 1 aromatic carbocycles. The van der Waals surface area contributed by atoms with Crippen molar-refractivity contribution in [1.29, 1.82) is 0 Å². The number of amides is 1. The molecule has 0 aromatic heterocycles. The van der Waals surface area contributed by atoms with Crippen LogP contribution in [0.3, 0.4) is 0 Å². The van der Waals surface area contributed by atoms with Crippen LogP contribution in [0.2, 0.25) is 0 Å². The Morgan fingerprint density at radius 3 is 2.68 bits per heavy atom. The van der Waals surface area contributed by atoms with E-state index in [9.17, 15) is 4.79 Å². The van der Waals surface area contributed by atoms with Gasteiger partial charge in [-0.25, -0.2) is 0 Å². The summed E-state index contributed by atoms with van der Waals surface area (Å²) in [6.45, 7) is 6.47. The average molecular weight is 302 g/mol. The van der Waals surface area contributed by atoms with E-state index in [1.54, 1.807) is 0 Å². The van der Waals surface area contributed by atoms with Gasteiger partial charge in [0.15, 0.2) is 0 Å². The summed E-state index contributed by atoms with van der Waals surface area (Å²) in [5.41, 5.74) is 2.60. The number of nitrogens with zero attached hydrogens (tertiary/aromatic N) is 1. The molecule has 0 aliphatic carbocycles. The molecule has 2 rings (SSSR count). The molecule has 2 atom stereocenters. The normalized spacial score (nSPS) is 19.1. The highest BCUT2D eigenvalue weighted by Gasteiger charge is 2.21. The van der Waals surface area contributed by atoms with Gasteiger partial charge in [0.05, 0.1) is 0 Å². The van der Waals surface area contributed by atoms with Crippen LogP contribution >= 0.6 is 0 Å². The highest BCUT2D eigenvalue weighted by molar-refractivity contribution is 5.76. The van der Waals surface area contributed by atoms with Crippen LogP contribution in [0.25, 0.3) is 0 Å². The van der Waals surface area contributed by atoms with E-state index in [0.29, 0.717) is 24.3 Å². The molecule has 1 N–H and O–H groups in total. The minimum atomic E-state index is 0.297. The zero-order chi connectivity index (χ0) is 15.9. The van der Waals surface area contributed by atoms with E-state index < -0.39 is 0 Å². The second kappa shape index (κ2) is 8.33. The first-order valence-corrected chi connectivity index (χ1v) is 8.62. The summed E-state index contributed by atoms with van der Waals surface area (Å²) in [4.78, 5) is 14.4. The monoisotopic (exact) mass is 302 g/mol. The molecular formula is C19H30N2O. The van der Waals surface area contributed by atoms with E-state index >= 15 is 0 Å². The molecule has 3 nitrogen and oxygen atoms in total. The molecule has 22 heavy (non-hydrogen) atoms. The van der Waals surface area contributed by atoms with Gasteiger partial charge in [0.1, 0.15) is 0 Å². The highest BCUT2D eigenvalue weighted by Crippen LogP contribution is 2.17. The second-order valence-electron chi connectivity index (χ2n) is 6.65. The van der Waals surface area contributed by atoms with Crippen LogP contribution in [-0.4, -0.2) is 37.0 Å². The minimum absolute atomic E-state index is 0.297. The summed E-state index contributed by atoms with van der Waals surface area (Å²) in [5.74, 6) is 0.986. The molecule has 0 bridgehead atoms. The largest absolute Gasteiger partial charge is 0.342 e. The Morgan fingerprint density at radius 1 is 1.36 bits per heavy atom. The first kappa shape index (κ1) is 17.0. The average Bonchev–Trinajstić information content (AvgIpc) is 3.05. The fourth-order valence-electron chi connectivity index (χ4n) is 3.22. The van der Waals surface area contributed by atoms with Crippen molar-refractivity contribution in [2.75, 3.05) is 20.1 Å². The van der Waals surface area contributed by atoms with Crippen molar-refractivity contribution in [3.63, 3.8) is 0 Å². The number of hydrogen-bond acceptors (Lipinski definition) is 2. The Kier molecular flexibility index (Phi) is 6.44. The third-order valence-electron chi connectivity index (χ3n) is 4.93. The van der Waals surface area contributed by atoms with Gasteiger partial charge in [0.2, 0.25) is 5.91 Å². The van der Waals surface area contributed by atoms with Crippen LogP contribution in [0.5, 0.6) is 0 Å². The third-order valence-corrected chi connectivity index (χ3v) is 4.93. The molecule has 1 aromatic rings. The first-order valence-electron chi connectivity index (χ1n) is 8.62. The molecular weight excluding hydrogens is 272 g/mol. The van der Waals surface area contributed by atoms with Crippen LogP contribution < -0.4 is 5.32 Å². The summed E-state index contributed by atoms with van der Waals surface area (Å²) in [5, 5.41) is 3.37. The Hall–Kier alpha value is -1.35. The van der Waals surface area contributed by atoms with E-state index in [2.05, 4.69) is 43.4 Å². The van der Waals surface area contributed by atoms with Gasteiger partial charge in [-0.05, 0) is 57.2 Å². The fraction of sp³-hybridized carbons (Fsp3) is 0.632.